The van der Waals surface area contributed by atoms with E-state index in [2.05, 4.69) is 5.32 Å². The summed E-state index contributed by atoms with van der Waals surface area (Å²) in [6.45, 7) is 0.000459. The zero-order chi connectivity index (χ0) is 29.1. The first kappa shape index (κ1) is 28.1. The van der Waals surface area contributed by atoms with E-state index in [4.69, 9.17) is 10.5 Å². The van der Waals surface area contributed by atoms with Gasteiger partial charge in [-0.3, -0.25) is 24.1 Å². The van der Waals surface area contributed by atoms with Crippen LogP contribution in [0.15, 0.2) is 23.0 Å². The maximum absolute atomic E-state index is 13.9. The number of likely N-dealkylation sites (N-methyl/N-ethyl adjacent to an activating group) is 2. The van der Waals surface area contributed by atoms with Gasteiger partial charge in [-0.15, -0.1) is 0 Å². The molecule has 39 heavy (non-hydrogen) atoms. The average molecular weight is 545 g/mol. The molecule has 13 nitrogen and oxygen atoms in total. The highest BCUT2D eigenvalue weighted by Gasteiger charge is 2.64. The fraction of sp³-hybridized carbons (Fsp3) is 0.462. The number of carbonyl (C=O) groups excluding carboxylic acids is 4. The molecule has 3 aliphatic carbocycles. The van der Waals surface area contributed by atoms with Crippen molar-refractivity contribution in [1.82, 2.24) is 9.80 Å². The molecule has 0 bridgehead atoms. The number of amides is 2. The number of benzene rings is 1. The molecule has 4 rings (SSSR count). The quantitative estimate of drug-likeness (QED) is 0.198. The van der Waals surface area contributed by atoms with Crippen LogP contribution >= 0.6 is 0 Å². The van der Waals surface area contributed by atoms with E-state index in [0.717, 1.165) is 0 Å². The minimum atomic E-state index is -2.73. The van der Waals surface area contributed by atoms with Gasteiger partial charge in [0, 0.05) is 23.1 Å². The predicted octanol–water partition coefficient (Wildman–Crippen LogP) is -0.527. The van der Waals surface area contributed by atoms with Crippen LogP contribution in [0.1, 0.15) is 17.5 Å². The maximum atomic E-state index is 13.9. The molecule has 0 aliphatic heterocycles. The molecule has 7 N–H and O–H groups in total. The molecule has 0 saturated heterocycles. The van der Waals surface area contributed by atoms with Crippen LogP contribution in [-0.4, -0.2) is 107 Å². The van der Waals surface area contributed by atoms with E-state index in [1.807, 2.05) is 0 Å². The zero-order valence-electron chi connectivity index (χ0n) is 22.2. The largest absolute Gasteiger partial charge is 0.508 e. The Morgan fingerprint density at radius 2 is 1.82 bits per heavy atom. The number of ketones is 2. The van der Waals surface area contributed by atoms with Gasteiger partial charge in [-0.25, -0.2) is 0 Å². The summed E-state index contributed by atoms with van der Waals surface area (Å²) >= 11 is 0. The number of hydrogen-bond donors (Lipinski definition) is 6. The van der Waals surface area contributed by atoms with E-state index in [1.54, 1.807) is 19.0 Å². The monoisotopic (exact) mass is 544 g/mol. The minimum Gasteiger partial charge on any atom is -0.508 e. The van der Waals surface area contributed by atoms with Crippen molar-refractivity contribution in [3.63, 3.8) is 0 Å². The normalized spacial score (nSPS) is 26.4. The molecule has 0 heterocycles. The van der Waals surface area contributed by atoms with Gasteiger partial charge in [0.2, 0.25) is 11.7 Å². The molecular weight excluding hydrogens is 512 g/mol. The summed E-state index contributed by atoms with van der Waals surface area (Å²) in [6, 6.07) is 0.230. The molecule has 0 aromatic heterocycles. The molecule has 0 spiro atoms. The van der Waals surface area contributed by atoms with Gasteiger partial charge in [0.15, 0.2) is 17.1 Å². The second-order valence-corrected chi connectivity index (χ2v) is 10.6. The number of anilines is 1. The lowest BCUT2D eigenvalue weighted by Crippen LogP contribution is -2.65. The van der Waals surface area contributed by atoms with Crippen LogP contribution in [0.3, 0.4) is 0 Å². The summed E-state index contributed by atoms with van der Waals surface area (Å²) < 4.78 is 5.48. The number of aliphatic hydroxyl groups is 3. The van der Waals surface area contributed by atoms with Gasteiger partial charge in [-0.05, 0) is 47.0 Å². The third-order valence-corrected chi connectivity index (χ3v) is 7.63. The van der Waals surface area contributed by atoms with Gasteiger partial charge in [-0.1, -0.05) is 0 Å². The first-order valence-corrected chi connectivity index (χ1v) is 12.2. The van der Waals surface area contributed by atoms with Crippen molar-refractivity contribution in [2.45, 2.75) is 24.5 Å². The number of aromatic hydroxyl groups is 1. The number of nitrogens with zero attached hydrogens (tertiary/aromatic N) is 2. The van der Waals surface area contributed by atoms with Crippen molar-refractivity contribution in [3.05, 3.63) is 34.1 Å². The Morgan fingerprint density at radius 1 is 1.18 bits per heavy atom. The molecule has 210 valence electrons. The third kappa shape index (κ3) is 4.13. The van der Waals surface area contributed by atoms with Crippen molar-refractivity contribution >= 4 is 34.8 Å². The third-order valence-electron chi connectivity index (χ3n) is 7.63. The number of Topliss-reactive ketones (excluding diaryl/α,β-unsaturated/α-hetero) is 2. The van der Waals surface area contributed by atoms with Crippen molar-refractivity contribution < 1.29 is 44.3 Å². The van der Waals surface area contributed by atoms with Crippen LogP contribution in [0.25, 0.3) is 5.76 Å². The van der Waals surface area contributed by atoms with E-state index in [0.29, 0.717) is 5.56 Å². The van der Waals surface area contributed by atoms with Gasteiger partial charge in [0.1, 0.15) is 22.8 Å². The molecule has 4 atom stereocenters. The number of phenols is 1. The molecule has 1 aromatic carbocycles. The van der Waals surface area contributed by atoms with Gasteiger partial charge in [-0.2, -0.15) is 0 Å². The number of methoxy groups -OCH3 is 1. The van der Waals surface area contributed by atoms with Gasteiger partial charge in [0.05, 0.1) is 30.9 Å². The fourth-order valence-corrected chi connectivity index (χ4v) is 6.03. The van der Waals surface area contributed by atoms with Crippen LogP contribution < -0.4 is 15.8 Å². The van der Waals surface area contributed by atoms with Crippen LogP contribution in [0.4, 0.5) is 5.69 Å². The van der Waals surface area contributed by atoms with Crippen LogP contribution in [0, 0.1) is 11.8 Å². The molecule has 0 unspecified atom stereocenters. The highest BCUT2D eigenvalue weighted by molar-refractivity contribution is 6.24. The van der Waals surface area contributed by atoms with E-state index in [-0.39, 0.29) is 42.0 Å². The molecule has 13 heteroatoms. The van der Waals surface area contributed by atoms with Gasteiger partial charge < -0.3 is 41.1 Å². The summed E-state index contributed by atoms with van der Waals surface area (Å²) in [5.74, 6) is -7.77. The number of nitrogens with two attached hydrogens (primary N) is 1. The predicted molar refractivity (Wildman–Crippen MR) is 138 cm³/mol. The van der Waals surface area contributed by atoms with Crippen LogP contribution in [0.2, 0.25) is 0 Å². The van der Waals surface area contributed by atoms with Crippen molar-refractivity contribution in [1.29, 1.82) is 0 Å². The van der Waals surface area contributed by atoms with Crippen molar-refractivity contribution in [3.8, 4) is 11.5 Å². The summed E-state index contributed by atoms with van der Waals surface area (Å²) in [5, 5.41) is 47.6. The number of carbonyl (C=O) groups is 4. The number of fused-ring (bicyclic) bond motifs is 3. The Hall–Kier alpha value is -3.94. The summed E-state index contributed by atoms with van der Waals surface area (Å²) in [7, 11) is 7.79. The highest BCUT2D eigenvalue weighted by atomic mass is 16.5. The zero-order valence-corrected chi connectivity index (χ0v) is 22.2. The highest BCUT2D eigenvalue weighted by Crippen LogP contribution is 2.54. The Bertz CT molecular complexity index is 1360. The summed E-state index contributed by atoms with van der Waals surface area (Å²) in [6.07, 6.45) is 0.0220. The van der Waals surface area contributed by atoms with E-state index in [9.17, 15) is 39.6 Å². The Labute approximate surface area is 224 Å². The Morgan fingerprint density at radius 3 is 2.36 bits per heavy atom. The summed E-state index contributed by atoms with van der Waals surface area (Å²) in [4.78, 5) is 54.5. The number of primary amides is 1. The topological polar surface area (TPSA) is 203 Å². The molecule has 1 fully saturated rings. The molecule has 3 aliphatic rings. The lowest BCUT2D eigenvalue weighted by molar-refractivity contribution is -0.153. The second-order valence-electron chi connectivity index (χ2n) is 10.6. The van der Waals surface area contributed by atoms with E-state index < -0.39 is 69.7 Å². The Balaban J connectivity index is 1.92. The minimum absolute atomic E-state index is 0.000459. The summed E-state index contributed by atoms with van der Waals surface area (Å²) in [5.41, 5.74) is 1.53. The Kier molecular flexibility index (Phi) is 6.96. The number of ether oxygens (including phenoxy) is 1. The molecule has 0 radical (unpaired) electrons. The standard InChI is InChI=1S/C26H32N4O9/c1-29(2)9-15(31)28-13-8-14(39-5)11-6-10-7-12-19(30(3)4)22(34)18(25(27)37)24(36)26(12,38)23(35)16(10)21(33)17(11)20(13)32/h8,10,12,19,32-33,36,38H,6-7,9H2,1-5H3,(H2,27,37)(H,28,31)/t10-,12-,19-,26-/m0/s1. The SMILES string of the molecule is COc1cc(NC(=O)CN(C)C)c(O)c2c1C[C@H]1C[C@H]3[C@H](N(C)C)C(=O)C(C(N)=O)=C(O)[C@@]3(O)C(=O)C1=C2O. The molecule has 1 aromatic rings. The lowest BCUT2D eigenvalue weighted by Gasteiger charge is -2.50. The van der Waals surface area contributed by atoms with Crippen molar-refractivity contribution in [2.75, 3.05) is 47.2 Å². The maximum Gasteiger partial charge on any atom is 0.255 e. The van der Waals surface area contributed by atoms with Crippen LogP contribution in [0.5, 0.6) is 11.5 Å². The fourth-order valence-electron chi connectivity index (χ4n) is 6.03. The van der Waals surface area contributed by atoms with Crippen molar-refractivity contribution in [2.24, 2.45) is 17.6 Å². The molecule has 1 saturated carbocycles. The van der Waals surface area contributed by atoms with E-state index in [1.165, 1.54) is 32.2 Å². The molecule has 2 amide bonds. The van der Waals surface area contributed by atoms with E-state index >= 15 is 0 Å². The number of rotatable bonds is 6. The number of nitrogens with one attached hydrogen (secondary N) is 1. The lowest BCUT2D eigenvalue weighted by atomic mass is 9.57. The van der Waals surface area contributed by atoms with Crippen LogP contribution in [-0.2, 0) is 25.6 Å². The second kappa shape index (κ2) is 9.67. The number of phenolic OH excluding ortho intramolecular Hbond substituents is 1. The average Bonchev–Trinajstić information content (AvgIpc) is 2.82. The van der Waals surface area contributed by atoms with Gasteiger partial charge >= 0.3 is 0 Å². The number of hydrogen-bond acceptors (Lipinski definition) is 11. The first-order chi connectivity index (χ1) is 18.2. The molecular formula is C26H32N4O9. The van der Waals surface area contributed by atoms with Gasteiger partial charge in [0.25, 0.3) is 5.91 Å². The first-order valence-electron chi connectivity index (χ1n) is 12.2. The number of aliphatic hydroxyl groups excluding tert-OH is 2. The smallest absolute Gasteiger partial charge is 0.255 e.